The van der Waals surface area contributed by atoms with Gasteiger partial charge >= 0.3 is 0 Å². The van der Waals surface area contributed by atoms with Gasteiger partial charge in [0.15, 0.2) is 6.19 Å². The fourth-order valence-electron chi connectivity index (χ4n) is 1.12. The standard InChI is InChI=1S/C10H15N7/c1-12-10(15-8-11)14-6-5-13-7-9-3-2-4-16-17-9/h2-4,13H,5-7H2,1H3,(H2,12,14,15). The smallest absolute Gasteiger partial charge is 0.204 e. The summed E-state index contributed by atoms with van der Waals surface area (Å²) in [7, 11) is 1.70. The van der Waals surface area contributed by atoms with E-state index in [1.165, 1.54) is 0 Å². The zero-order chi connectivity index (χ0) is 12.3. The molecule has 0 atom stereocenters. The molecular formula is C10H15N7. The van der Waals surface area contributed by atoms with E-state index in [0.717, 1.165) is 5.69 Å². The van der Waals surface area contributed by atoms with Crippen LogP contribution in [0.15, 0.2) is 23.3 Å². The Bertz CT molecular complexity index is 381. The highest BCUT2D eigenvalue weighted by Crippen LogP contribution is 1.88. The van der Waals surface area contributed by atoms with Crippen LogP contribution >= 0.6 is 0 Å². The van der Waals surface area contributed by atoms with Gasteiger partial charge in [0.25, 0.3) is 0 Å². The number of aromatic nitrogens is 2. The molecule has 1 aromatic rings. The lowest BCUT2D eigenvalue weighted by molar-refractivity contribution is 0.672. The molecule has 0 bridgehead atoms. The van der Waals surface area contributed by atoms with E-state index in [-0.39, 0.29) is 0 Å². The Morgan fingerprint density at radius 3 is 3.12 bits per heavy atom. The lowest BCUT2D eigenvalue weighted by Gasteiger charge is -2.03. The van der Waals surface area contributed by atoms with E-state index in [1.54, 1.807) is 19.4 Å². The van der Waals surface area contributed by atoms with Gasteiger partial charge in [-0.05, 0) is 12.1 Å². The number of guanidine groups is 1. The van der Waals surface area contributed by atoms with Crippen molar-refractivity contribution >= 4 is 5.96 Å². The molecule has 0 aromatic carbocycles. The van der Waals surface area contributed by atoms with Crippen LogP contribution in [0.4, 0.5) is 0 Å². The molecule has 0 saturated heterocycles. The first-order chi connectivity index (χ1) is 8.36. The Balaban J connectivity index is 2.18. The van der Waals surface area contributed by atoms with Crippen LogP contribution in [0.1, 0.15) is 5.69 Å². The summed E-state index contributed by atoms with van der Waals surface area (Å²) in [6.07, 6.45) is 3.44. The van der Waals surface area contributed by atoms with Gasteiger partial charge < -0.3 is 10.6 Å². The Labute approximate surface area is 100.0 Å². The van der Waals surface area contributed by atoms with E-state index in [2.05, 4.69) is 31.1 Å². The van der Waals surface area contributed by atoms with Gasteiger partial charge in [-0.1, -0.05) is 0 Å². The molecule has 1 heterocycles. The molecule has 0 aliphatic rings. The van der Waals surface area contributed by atoms with Crippen molar-refractivity contribution in [2.45, 2.75) is 6.54 Å². The summed E-state index contributed by atoms with van der Waals surface area (Å²) in [5, 5.41) is 24.5. The van der Waals surface area contributed by atoms with Gasteiger partial charge in [0.2, 0.25) is 5.96 Å². The third-order valence-corrected chi connectivity index (χ3v) is 1.90. The minimum atomic E-state index is 0.466. The average molecular weight is 233 g/mol. The summed E-state index contributed by atoms with van der Waals surface area (Å²) in [6.45, 7) is 1.93. The first-order valence-corrected chi connectivity index (χ1v) is 5.21. The van der Waals surface area contributed by atoms with E-state index >= 15 is 0 Å². The van der Waals surface area contributed by atoms with Gasteiger partial charge in [0.1, 0.15) is 0 Å². The van der Waals surface area contributed by atoms with Gasteiger partial charge in [-0.3, -0.25) is 10.3 Å². The fraction of sp³-hybridized carbons (Fsp3) is 0.400. The average Bonchev–Trinajstić information content (AvgIpc) is 2.38. The Morgan fingerprint density at radius 2 is 2.47 bits per heavy atom. The van der Waals surface area contributed by atoms with Crippen LogP contribution < -0.4 is 16.0 Å². The van der Waals surface area contributed by atoms with Crippen LogP contribution in [0.3, 0.4) is 0 Å². The minimum absolute atomic E-state index is 0.466. The summed E-state index contributed by atoms with van der Waals surface area (Å²) >= 11 is 0. The van der Waals surface area contributed by atoms with E-state index in [0.29, 0.717) is 25.6 Å². The van der Waals surface area contributed by atoms with Crippen molar-refractivity contribution < 1.29 is 0 Å². The summed E-state index contributed by atoms with van der Waals surface area (Å²) in [6, 6.07) is 3.75. The summed E-state index contributed by atoms with van der Waals surface area (Å²) < 4.78 is 0. The second kappa shape index (κ2) is 8.01. The molecule has 7 heteroatoms. The first kappa shape index (κ1) is 12.9. The van der Waals surface area contributed by atoms with E-state index in [9.17, 15) is 0 Å². The molecule has 1 aromatic heterocycles. The summed E-state index contributed by atoms with van der Waals surface area (Å²) in [5.41, 5.74) is 0.889. The maximum Gasteiger partial charge on any atom is 0.204 e. The highest BCUT2D eigenvalue weighted by molar-refractivity contribution is 5.80. The van der Waals surface area contributed by atoms with Crippen molar-refractivity contribution in [2.24, 2.45) is 4.99 Å². The summed E-state index contributed by atoms with van der Waals surface area (Å²) in [5.74, 6) is 0.466. The summed E-state index contributed by atoms with van der Waals surface area (Å²) in [4.78, 5) is 4.14. The Morgan fingerprint density at radius 1 is 1.59 bits per heavy atom. The number of nitrogens with one attached hydrogen (secondary N) is 3. The Hall–Kier alpha value is -2.20. The van der Waals surface area contributed by atoms with Crippen molar-refractivity contribution in [1.82, 2.24) is 26.1 Å². The number of hydrogen-bond donors (Lipinski definition) is 3. The number of hydrogen-bond acceptors (Lipinski definition) is 5. The quantitative estimate of drug-likeness (QED) is 0.203. The normalized spacial score (nSPS) is 10.7. The largest absolute Gasteiger partial charge is 0.359 e. The topological polar surface area (TPSA) is 98.0 Å². The molecule has 0 spiro atoms. The molecule has 7 nitrogen and oxygen atoms in total. The third-order valence-electron chi connectivity index (χ3n) is 1.90. The van der Waals surface area contributed by atoms with Crippen molar-refractivity contribution in [2.75, 3.05) is 20.1 Å². The van der Waals surface area contributed by atoms with Crippen molar-refractivity contribution in [3.63, 3.8) is 0 Å². The zero-order valence-corrected chi connectivity index (χ0v) is 9.64. The highest BCUT2D eigenvalue weighted by Gasteiger charge is 1.94. The van der Waals surface area contributed by atoms with Crippen LogP contribution in [0, 0.1) is 11.5 Å². The van der Waals surface area contributed by atoms with Crippen LogP contribution in [0.25, 0.3) is 0 Å². The van der Waals surface area contributed by atoms with E-state index in [1.807, 2.05) is 12.1 Å². The van der Waals surface area contributed by atoms with Crippen LogP contribution in [0.5, 0.6) is 0 Å². The molecule has 0 amide bonds. The van der Waals surface area contributed by atoms with Gasteiger partial charge in [-0.15, -0.1) is 0 Å². The highest BCUT2D eigenvalue weighted by atomic mass is 15.2. The zero-order valence-electron chi connectivity index (χ0n) is 9.64. The predicted molar refractivity (Wildman–Crippen MR) is 63.8 cm³/mol. The SMILES string of the molecule is CN/C(=N/CCNCc1cccnn1)NC#N. The first-order valence-electron chi connectivity index (χ1n) is 5.21. The molecule has 0 unspecified atom stereocenters. The monoisotopic (exact) mass is 233 g/mol. The van der Waals surface area contributed by atoms with Crippen molar-refractivity contribution in [3.05, 3.63) is 24.0 Å². The molecule has 0 aliphatic carbocycles. The second-order valence-electron chi connectivity index (χ2n) is 3.11. The van der Waals surface area contributed by atoms with Gasteiger partial charge in [-0.25, -0.2) is 0 Å². The molecule has 0 fully saturated rings. The van der Waals surface area contributed by atoms with Gasteiger partial charge in [-0.2, -0.15) is 15.5 Å². The molecule has 1 rings (SSSR count). The lowest BCUT2D eigenvalue weighted by Crippen LogP contribution is -2.32. The van der Waals surface area contributed by atoms with Crippen molar-refractivity contribution in [3.8, 4) is 6.19 Å². The van der Waals surface area contributed by atoms with Gasteiger partial charge in [0.05, 0.1) is 12.2 Å². The molecule has 0 aliphatic heterocycles. The Kier molecular flexibility index (Phi) is 6.06. The lowest BCUT2D eigenvalue weighted by atomic mass is 10.4. The van der Waals surface area contributed by atoms with E-state index < -0.39 is 0 Å². The molecule has 0 saturated carbocycles. The maximum absolute atomic E-state index is 8.41. The second-order valence-corrected chi connectivity index (χ2v) is 3.11. The molecule has 3 N–H and O–H groups in total. The number of nitrogens with zero attached hydrogens (tertiary/aromatic N) is 4. The number of aliphatic imine (C=N–C) groups is 1. The minimum Gasteiger partial charge on any atom is -0.359 e. The number of nitriles is 1. The van der Waals surface area contributed by atoms with Crippen LogP contribution in [-0.2, 0) is 6.54 Å². The molecule has 90 valence electrons. The predicted octanol–water partition coefficient (Wildman–Crippen LogP) is -0.788. The van der Waals surface area contributed by atoms with Crippen LogP contribution in [0.2, 0.25) is 0 Å². The molecule has 17 heavy (non-hydrogen) atoms. The van der Waals surface area contributed by atoms with Gasteiger partial charge in [0, 0.05) is 26.3 Å². The third kappa shape index (κ3) is 5.44. The maximum atomic E-state index is 8.41. The van der Waals surface area contributed by atoms with Crippen molar-refractivity contribution in [1.29, 1.82) is 5.26 Å². The van der Waals surface area contributed by atoms with E-state index in [4.69, 9.17) is 5.26 Å². The molecular weight excluding hydrogens is 218 g/mol. The fourth-order valence-corrected chi connectivity index (χ4v) is 1.12. The number of rotatable bonds is 5. The molecule has 0 radical (unpaired) electrons. The van der Waals surface area contributed by atoms with Crippen LogP contribution in [-0.4, -0.2) is 36.3 Å².